The number of carbonyl (C=O) groups excluding carboxylic acids is 1. The van der Waals surface area contributed by atoms with Gasteiger partial charge in [-0.05, 0) is 72.0 Å². The first-order valence-corrected chi connectivity index (χ1v) is 12.9. The van der Waals surface area contributed by atoms with E-state index < -0.39 is 0 Å². The molecule has 6 rings (SSSR count). The lowest BCUT2D eigenvalue weighted by molar-refractivity contribution is 0.0709. The third kappa shape index (κ3) is 3.95. The molecule has 2 unspecified atom stereocenters. The fraction of sp³-hybridized carbons (Fsp3) is 0.200. The monoisotopic (exact) mass is 513 g/mol. The third-order valence-corrected chi connectivity index (χ3v) is 8.02. The Bertz CT molecular complexity index is 1390. The van der Waals surface area contributed by atoms with Gasteiger partial charge in [0.2, 0.25) is 0 Å². The Hall–Kier alpha value is -3.34. The second kappa shape index (κ2) is 9.27. The lowest BCUT2D eigenvalue weighted by Gasteiger charge is -2.38. The SMILES string of the molecule is O=C(c1ccncc1)N1CCC2(Cc3ccc(Cl)cc3)c3ccccc3N(Cc3ccc(Cl)cc3)C12. The normalized spacial score (nSPS) is 20.3. The van der Waals surface area contributed by atoms with Crippen LogP contribution in [0.1, 0.15) is 33.5 Å². The highest BCUT2D eigenvalue weighted by Crippen LogP contribution is 2.54. The summed E-state index contributed by atoms with van der Waals surface area (Å²) < 4.78 is 0. The number of likely N-dealkylation sites (tertiary alicyclic amines) is 1. The lowest BCUT2D eigenvalue weighted by atomic mass is 9.74. The first-order chi connectivity index (χ1) is 17.5. The molecule has 0 saturated carbocycles. The van der Waals surface area contributed by atoms with Crippen molar-refractivity contribution in [2.75, 3.05) is 11.4 Å². The average Bonchev–Trinajstić information content (AvgIpc) is 3.40. The van der Waals surface area contributed by atoms with E-state index in [0.717, 1.165) is 23.4 Å². The maximum absolute atomic E-state index is 13.9. The van der Waals surface area contributed by atoms with E-state index in [2.05, 4.69) is 63.3 Å². The molecular formula is C30H25Cl2N3O. The Morgan fingerprint density at radius 1 is 0.861 bits per heavy atom. The van der Waals surface area contributed by atoms with Gasteiger partial charge in [0.1, 0.15) is 6.17 Å². The van der Waals surface area contributed by atoms with Gasteiger partial charge in [-0.15, -0.1) is 0 Å². The van der Waals surface area contributed by atoms with Crippen LogP contribution in [0.2, 0.25) is 10.0 Å². The maximum atomic E-state index is 13.9. The average molecular weight is 514 g/mol. The molecule has 4 nitrogen and oxygen atoms in total. The molecule has 4 aromatic rings. The summed E-state index contributed by atoms with van der Waals surface area (Å²) in [6, 6.07) is 28.3. The van der Waals surface area contributed by atoms with Crippen LogP contribution < -0.4 is 4.90 Å². The van der Waals surface area contributed by atoms with Crippen LogP contribution in [-0.2, 0) is 18.4 Å². The van der Waals surface area contributed by atoms with Gasteiger partial charge >= 0.3 is 0 Å². The summed E-state index contributed by atoms with van der Waals surface area (Å²) in [4.78, 5) is 22.4. The Morgan fingerprint density at radius 3 is 2.19 bits per heavy atom. The van der Waals surface area contributed by atoms with E-state index in [4.69, 9.17) is 23.2 Å². The number of para-hydroxylation sites is 1. The maximum Gasteiger partial charge on any atom is 0.255 e. The van der Waals surface area contributed by atoms with Gasteiger partial charge in [0.05, 0.1) is 0 Å². The van der Waals surface area contributed by atoms with Gasteiger partial charge in [0.25, 0.3) is 5.91 Å². The van der Waals surface area contributed by atoms with Gasteiger partial charge < -0.3 is 9.80 Å². The molecule has 3 aromatic carbocycles. The first-order valence-electron chi connectivity index (χ1n) is 12.1. The topological polar surface area (TPSA) is 36.4 Å². The van der Waals surface area contributed by atoms with Gasteiger partial charge in [0.15, 0.2) is 0 Å². The molecule has 180 valence electrons. The molecule has 0 bridgehead atoms. The summed E-state index contributed by atoms with van der Waals surface area (Å²) in [5.41, 5.74) is 5.27. The smallest absolute Gasteiger partial charge is 0.255 e. The Kier molecular flexibility index (Phi) is 5.94. The highest BCUT2D eigenvalue weighted by atomic mass is 35.5. The van der Waals surface area contributed by atoms with Crippen LogP contribution in [0, 0.1) is 0 Å². The molecule has 0 aliphatic carbocycles. The number of pyridine rings is 1. The highest BCUT2D eigenvalue weighted by molar-refractivity contribution is 6.30. The minimum Gasteiger partial charge on any atom is -0.346 e. The zero-order valence-electron chi connectivity index (χ0n) is 19.6. The van der Waals surface area contributed by atoms with Crippen LogP contribution >= 0.6 is 23.2 Å². The lowest BCUT2D eigenvalue weighted by Crippen LogP contribution is -2.52. The number of hydrogen-bond donors (Lipinski definition) is 0. The molecule has 0 spiro atoms. The molecule has 1 fully saturated rings. The van der Waals surface area contributed by atoms with Gasteiger partial charge in [-0.3, -0.25) is 9.78 Å². The number of benzene rings is 3. The van der Waals surface area contributed by atoms with E-state index in [9.17, 15) is 4.79 Å². The molecule has 1 saturated heterocycles. The third-order valence-electron chi connectivity index (χ3n) is 7.52. The Balaban J connectivity index is 1.47. The molecule has 0 radical (unpaired) electrons. The van der Waals surface area contributed by atoms with Gasteiger partial charge in [-0.1, -0.05) is 65.7 Å². The minimum absolute atomic E-state index is 0.0364. The van der Waals surface area contributed by atoms with Crippen LogP contribution in [0.15, 0.2) is 97.3 Å². The van der Waals surface area contributed by atoms with Crippen molar-refractivity contribution in [3.63, 3.8) is 0 Å². The van der Waals surface area contributed by atoms with Crippen LogP contribution in [0.25, 0.3) is 0 Å². The number of rotatable bonds is 5. The quantitative estimate of drug-likeness (QED) is 0.295. The van der Waals surface area contributed by atoms with E-state index in [1.165, 1.54) is 16.8 Å². The van der Waals surface area contributed by atoms with Gasteiger partial charge in [0, 0.05) is 52.2 Å². The number of hydrogen-bond acceptors (Lipinski definition) is 3. The van der Waals surface area contributed by atoms with E-state index in [1.54, 1.807) is 24.5 Å². The summed E-state index contributed by atoms with van der Waals surface area (Å²) in [6.07, 6.45) is 4.94. The zero-order valence-corrected chi connectivity index (χ0v) is 21.2. The second-order valence-electron chi connectivity index (χ2n) is 9.59. The standard InChI is InChI=1S/C30H25Cl2N3O/c31-24-9-5-21(6-10-24)19-30-15-18-34(28(36)23-13-16-33-17-14-23)29(30)35(27-4-2-1-3-26(27)30)20-22-7-11-25(32)12-8-22/h1-14,16-17,29H,15,18-20H2. The zero-order chi connectivity index (χ0) is 24.7. The Morgan fingerprint density at radius 2 is 1.50 bits per heavy atom. The number of anilines is 1. The molecule has 2 aliphatic heterocycles. The summed E-state index contributed by atoms with van der Waals surface area (Å²) in [6.45, 7) is 1.37. The van der Waals surface area contributed by atoms with E-state index in [1.807, 2.05) is 24.3 Å². The fourth-order valence-electron chi connectivity index (χ4n) is 5.96. The van der Waals surface area contributed by atoms with Crippen molar-refractivity contribution in [3.05, 3.63) is 130 Å². The van der Waals surface area contributed by atoms with E-state index in [-0.39, 0.29) is 17.5 Å². The fourth-order valence-corrected chi connectivity index (χ4v) is 6.21. The number of halogens is 2. The Labute approximate surface area is 221 Å². The second-order valence-corrected chi connectivity index (χ2v) is 10.5. The van der Waals surface area contributed by atoms with Gasteiger partial charge in [-0.2, -0.15) is 0 Å². The van der Waals surface area contributed by atoms with Crippen molar-refractivity contribution < 1.29 is 4.79 Å². The van der Waals surface area contributed by atoms with E-state index >= 15 is 0 Å². The van der Waals surface area contributed by atoms with Crippen molar-refractivity contribution in [1.29, 1.82) is 0 Å². The molecule has 0 N–H and O–H groups in total. The number of aromatic nitrogens is 1. The molecule has 2 aliphatic rings. The van der Waals surface area contributed by atoms with Crippen molar-refractivity contribution in [2.45, 2.75) is 31.0 Å². The predicted octanol–water partition coefficient (Wildman–Crippen LogP) is 6.76. The number of amides is 1. The summed E-state index contributed by atoms with van der Waals surface area (Å²) >= 11 is 12.4. The van der Waals surface area contributed by atoms with Crippen LogP contribution in [0.5, 0.6) is 0 Å². The molecule has 3 heterocycles. The van der Waals surface area contributed by atoms with Crippen LogP contribution in [0.4, 0.5) is 5.69 Å². The van der Waals surface area contributed by atoms with Crippen molar-refractivity contribution in [3.8, 4) is 0 Å². The summed E-state index contributed by atoms with van der Waals surface area (Å²) in [5.74, 6) is 0.0364. The summed E-state index contributed by atoms with van der Waals surface area (Å²) in [5, 5.41) is 1.44. The number of carbonyl (C=O) groups is 1. The largest absolute Gasteiger partial charge is 0.346 e. The van der Waals surface area contributed by atoms with Crippen LogP contribution in [0.3, 0.4) is 0 Å². The predicted molar refractivity (Wildman–Crippen MR) is 145 cm³/mol. The molecule has 6 heteroatoms. The minimum atomic E-state index is -0.237. The highest BCUT2D eigenvalue weighted by Gasteiger charge is 2.58. The molecule has 1 amide bonds. The van der Waals surface area contributed by atoms with E-state index in [0.29, 0.717) is 23.7 Å². The molecule has 36 heavy (non-hydrogen) atoms. The van der Waals surface area contributed by atoms with Crippen molar-refractivity contribution in [2.24, 2.45) is 0 Å². The number of nitrogens with zero attached hydrogens (tertiary/aromatic N) is 3. The number of fused-ring (bicyclic) bond motifs is 3. The van der Waals surface area contributed by atoms with Gasteiger partial charge in [-0.25, -0.2) is 0 Å². The molecular weight excluding hydrogens is 489 g/mol. The molecule has 2 atom stereocenters. The van der Waals surface area contributed by atoms with Crippen molar-refractivity contribution in [1.82, 2.24) is 9.88 Å². The summed E-state index contributed by atoms with van der Waals surface area (Å²) in [7, 11) is 0. The molecule has 1 aromatic heterocycles. The first kappa shape index (κ1) is 23.1. The van der Waals surface area contributed by atoms with Crippen molar-refractivity contribution >= 4 is 34.8 Å². The van der Waals surface area contributed by atoms with Crippen LogP contribution in [-0.4, -0.2) is 28.5 Å².